The van der Waals surface area contributed by atoms with Gasteiger partial charge in [0.1, 0.15) is 0 Å². The first-order valence-electron chi connectivity index (χ1n) is 10.3. The molecule has 0 radical (unpaired) electrons. The van der Waals surface area contributed by atoms with Gasteiger partial charge in [-0.15, -0.1) is 0 Å². The zero-order chi connectivity index (χ0) is 20.4. The van der Waals surface area contributed by atoms with E-state index in [1.165, 1.54) is 26.2 Å². The molecule has 1 saturated heterocycles. The number of nitrogens with one attached hydrogen (secondary N) is 2. The highest BCUT2D eigenvalue weighted by atomic mass is 35.5. The Balaban J connectivity index is 1.61. The lowest BCUT2D eigenvalue weighted by Gasteiger charge is -2.35. The molecule has 28 heavy (non-hydrogen) atoms. The highest BCUT2D eigenvalue weighted by Gasteiger charge is 2.17. The summed E-state index contributed by atoms with van der Waals surface area (Å²) >= 11 is 12.2. The van der Waals surface area contributed by atoms with Crippen LogP contribution in [0.4, 0.5) is 0 Å². The number of hydrogen-bond donors (Lipinski definition) is 2. The summed E-state index contributed by atoms with van der Waals surface area (Å²) in [5.41, 5.74) is 1.13. The minimum Gasteiger partial charge on any atom is -0.356 e. The van der Waals surface area contributed by atoms with Crippen molar-refractivity contribution < 1.29 is 0 Å². The van der Waals surface area contributed by atoms with Gasteiger partial charge in [0, 0.05) is 62.9 Å². The minimum atomic E-state index is 0.583. The second-order valence-electron chi connectivity index (χ2n) is 7.56. The van der Waals surface area contributed by atoms with E-state index in [4.69, 9.17) is 23.2 Å². The smallest absolute Gasteiger partial charge is 0.190 e. The number of aliphatic imine (C=N–C) groups is 1. The summed E-state index contributed by atoms with van der Waals surface area (Å²) in [5, 5.41) is 8.26. The average molecular weight is 428 g/mol. The average Bonchev–Trinajstić information content (AvgIpc) is 2.69. The van der Waals surface area contributed by atoms with Gasteiger partial charge in [0.2, 0.25) is 0 Å². The summed E-state index contributed by atoms with van der Waals surface area (Å²) in [7, 11) is 1.82. The fourth-order valence-corrected chi connectivity index (χ4v) is 4.00. The molecule has 1 aliphatic rings. The summed E-state index contributed by atoms with van der Waals surface area (Å²) in [6.45, 7) is 13.4. The van der Waals surface area contributed by atoms with E-state index < -0.39 is 0 Å². The van der Waals surface area contributed by atoms with Crippen molar-refractivity contribution in [2.45, 2.75) is 26.7 Å². The van der Waals surface area contributed by atoms with Crippen molar-refractivity contribution in [2.75, 3.05) is 59.4 Å². The van der Waals surface area contributed by atoms with E-state index in [0.717, 1.165) is 55.6 Å². The summed E-state index contributed by atoms with van der Waals surface area (Å²) in [5.74, 6) is 1.45. The zero-order valence-electron chi connectivity index (χ0n) is 17.5. The number of guanidine groups is 1. The second-order valence-corrected chi connectivity index (χ2v) is 8.40. The third-order valence-corrected chi connectivity index (χ3v) is 5.84. The quantitative estimate of drug-likeness (QED) is 0.360. The predicted molar refractivity (Wildman–Crippen MR) is 122 cm³/mol. The van der Waals surface area contributed by atoms with E-state index >= 15 is 0 Å². The predicted octanol–water partition coefficient (Wildman–Crippen LogP) is 3.36. The fourth-order valence-electron chi connectivity index (χ4n) is 3.49. The Labute approximate surface area is 180 Å². The Morgan fingerprint density at radius 2 is 1.86 bits per heavy atom. The number of hydrogen-bond acceptors (Lipinski definition) is 3. The molecule has 1 unspecified atom stereocenters. The van der Waals surface area contributed by atoms with Crippen molar-refractivity contribution in [1.29, 1.82) is 0 Å². The SMILES string of the molecule is CCN1CCN(CC(C)CNC(=NC)NCCCc2ccc(Cl)cc2Cl)CC1. The molecular formula is C21H35Cl2N5. The van der Waals surface area contributed by atoms with Crippen LogP contribution >= 0.6 is 23.2 Å². The van der Waals surface area contributed by atoms with Crippen LogP contribution in [0.3, 0.4) is 0 Å². The monoisotopic (exact) mass is 427 g/mol. The lowest BCUT2D eigenvalue weighted by molar-refractivity contribution is 0.124. The first-order chi connectivity index (χ1) is 13.5. The molecule has 1 fully saturated rings. The summed E-state index contributed by atoms with van der Waals surface area (Å²) < 4.78 is 0. The Morgan fingerprint density at radius 1 is 1.14 bits per heavy atom. The van der Waals surface area contributed by atoms with Gasteiger partial charge in [-0.2, -0.15) is 0 Å². The highest BCUT2D eigenvalue weighted by Crippen LogP contribution is 2.21. The maximum Gasteiger partial charge on any atom is 0.190 e. The van der Waals surface area contributed by atoms with E-state index in [9.17, 15) is 0 Å². The van der Waals surface area contributed by atoms with Crippen molar-refractivity contribution in [1.82, 2.24) is 20.4 Å². The maximum absolute atomic E-state index is 6.23. The van der Waals surface area contributed by atoms with Crippen LogP contribution in [0.15, 0.2) is 23.2 Å². The van der Waals surface area contributed by atoms with Crippen LogP contribution in [0.5, 0.6) is 0 Å². The van der Waals surface area contributed by atoms with Crippen LogP contribution in [-0.2, 0) is 6.42 Å². The molecule has 7 heteroatoms. The standard InChI is InChI=1S/C21H35Cl2N5/c1-4-27-10-12-28(13-11-27)16-17(2)15-26-21(24-3)25-9-5-6-18-7-8-19(22)14-20(18)23/h7-8,14,17H,4-6,9-13,15-16H2,1-3H3,(H2,24,25,26). The number of piperazine rings is 1. The Kier molecular flexibility index (Phi) is 10.4. The van der Waals surface area contributed by atoms with Gasteiger partial charge in [-0.3, -0.25) is 4.99 Å². The molecule has 1 aliphatic heterocycles. The first kappa shape index (κ1) is 23.3. The van der Waals surface area contributed by atoms with Gasteiger partial charge < -0.3 is 20.4 Å². The molecule has 0 aliphatic carbocycles. The van der Waals surface area contributed by atoms with Crippen molar-refractivity contribution in [3.05, 3.63) is 33.8 Å². The van der Waals surface area contributed by atoms with Crippen LogP contribution in [0.2, 0.25) is 10.0 Å². The van der Waals surface area contributed by atoms with E-state index in [1.807, 2.05) is 19.2 Å². The number of rotatable bonds is 9. The lowest BCUT2D eigenvalue weighted by atomic mass is 10.1. The van der Waals surface area contributed by atoms with Gasteiger partial charge in [0.05, 0.1) is 0 Å². The highest BCUT2D eigenvalue weighted by molar-refractivity contribution is 6.35. The third kappa shape index (κ3) is 8.16. The molecule has 0 saturated carbocycles. The Morgan fingerprint density at radius 3 is 2.50 bits per heavy atom. The minimum absolute atomic E-state index is 0.583. The number of likely N-dealkylation sites (N-methyl/N-ethyl adjacent to an activating group) is 1. The molecule has 1 atom stereocenters. The van der Waals surface area contributed by atoms with Gasteiger partial charge in [0.15, 0.2) is 5.96 Å². The first-order valence-corrected chi connectivity index (χ1v) is 11.1. The van der Waals surface area contributed by atoms with Crippen LogP contribution in [-0.4, -0.2) is 75.2 Å². The van der Waals surface area contributed by atoms with Gasteiger partial charge >= 0.3 is 0 Å². The molecule has 0 aromatic heterocycles. The Hall–Kier alpha value is -1.01. The van der Waals surface area contributed by atoms with Gasteiger partial charge in [-0.1, -0.05) is 43.1 Å². The molecule has 0 spiro atoms. The van der Waals surface area contributed by atoms with E-state index in [-0.39, 0.29) is 0 Å². The maximum atomic E-state index is 6.23. The van der Waals surface area contributed by atoms with Crippen molar-refractivity contribution in [3.8, 4) is 0 Å². The van der Waals surface area contributed by atoms with Crippen molar-refractivity contribution in [2.24, 2.45) is 10.9 Å². The Bertz CT molecular complexity index is 615. The lowest BCUT2D eigenvalue weighted by Crippen LogP contribution is -2.48. The van der Waals surface area contributed by atoms with E-state index in [0.29, 0.717) is 10.9 Å². The molecular weight excluding hydrogens is 393 g/mol. The zero-order valence-corrected chi connectivity index (χ0v) is 19.0. The molecule has 1 heterocycles. The van der Waals surface area contributed by atoms with Crippen LogP contribution < -0.4 is 10.6 Å². The molecule has 1 aromatic carbocycles. The van der Waals surface area contributed by atoms with Crippen molar-refractivity contribution in [3.63, 3.8) is 0 Å². The second kappa shape index (κ2) is 12.5. The number of aryl methyl sites for hydroxylation is 1. The largest absolute Gasteiger partial charge is 0.356 e. The topological polar surface area (TPSA) is 42.9 Å². The van der Waals surface area contributed by atoms with Crippen molar-refractivity contribution >= 4 is 29.2 Å². The van der Waals surface area contributed by atoms with Crippen LogP contribution in [0, 0.1) is 5.92 Å². The normalized spacial score (nSPS) is 17.5. The third-order valence-electron chi connectivity index (χ3n) is 5.25. The van der Waals surface area contributed by atoms with E-state index in [1.54, 1.807) is 6.07 Å². The van der Waals surface area contributed by atoms with Gasteiger partial charge in [0.25, 0.3) is 0 Å². The molecule has 5 nitrogen and oxygen atoms in total. The summed E-state index contributed by atoms with van der Waals surface area (Å²) in [6, 6.07) is 5.69. The molecule has 2 N–H and O–H groups in total. The fraction of sp³-hybridized carbons (Fsp3) is 0.667. The molecule has 158 valence electrons. The van der Waals surface area contributed by atoms with Gasteiger partial charge in [-0.05, 0) is 43.0 Å². The molecule has 2 rings (SSSR count). The molecule has 0 bridgehead atoms. The number of halogens is 2. The van der Waals surface area contributed by atoms with E-state index in [2.05, 4.69) is 39.3 Å². The molecule has 1 aromatic rings. The van der Waals surface area contributed by atoms with Crippen LogP contribution in [0.25, 0.3) is 0 Å². The van der Waals surface area contributed by atoms with Gasteiger partial charge in [-0.25, -0.2) is 0 Å². The summed E-state index contributed by atoms with van der Waals surface area (Å²) in [4.78, 5) is 9.42. The number of benzene rings is 1. The number of nitrogens with zero attached hydrogens (tertiary/aromatic N) is 3. The molecule has 0 amide bonds. The summed E-state index contributed by atoms with van der Waals surface area (Å²) in [6.07, 6.45) is 1.90. The van der Waals surface area contributed by atoms with Crippen LogP contribution in [0.1, 0.15) is 25.8 Å².